The number of hydrogen-bond donors (Lipinski definition) is 2. The molecule has 6 heteroatoms. The van der Waals surface area contributed by atoms with E-state index in [1.165, 1.54) is 19.2 Å². The molecule has 6 nitrogen and oxygen atoms in total. The van der Waals surface area contributed by atoms with E-state index in [-0.39, 0.29) is 11.5 Å². The summed E-state index contributed by atoms with van der Waals surface area (Å²) in [6.45, 7) is 6.95. The molecule has 1 aromatic rings. The zero-order valence-electron chi connectivity index (χ0n) is 14.8. The van der Waals surface area contributed by atoms with Crippen molar-refractivity contribution in [3.8, 4) is 5.75 Å². The minimum Gasteiger partial charge on any atom is -0.496 e. The summed E-state index contributed by atoms with van der Waals surface area (Å²) in [5.41, 5.74) is 1.02. The topological polar surface area (TPSA) is 84.9 Å². The third kappa shape index (κ3) is 6.58. The average Bonchev–Trinajstić information content (AvgIpc) is 2.54. The third-order valence-electron chi connectivity index (χ3n) is 3.66. The van der Waals surface area contributed by atoms with Crippen molar-refractivity contribution in [3.05, 3.63) is 29.3 Å². The highest BCUT2D eigenvalue weighted by atomic mass is 16.5. The highest BCUT2D eigenvalue weighted by Gasteiger charge is 2.14. The van der Waals surface area contributed by atoms with E-state index >= 15 is 0 Å². The molecule has 0 radical (unpaired) electrons. The van der Waals surface area contributed by atoms with Gasteiger partial charge in [-0.1, -0.05) is 19.9 Å². The lowest BCUT2D eigenvalue weighted by Crippen LogP contribution is -2.36. The van der Waals surface area contributed by atoms with Crippen LogP contribution < -0.4 is 10.1 Å². The number of carbonyl (C=O) groups excluding carboxylic acids is 1. The molecular formula is C18H27NO5. The zero-order valence-corrected chi connectivity index (χ0v) is 14.8. The van der Waals surface area contributed by atoms with Crippen LogP contribution in [0.25, 0.3) is 0 Å². The van der Waals surface area contributed by atoms with Gasteiger partial charge in [0.25, 0.3) is 0 Å². The van der Waals surface area contributed by atoms with Crippen LogP contribution in [0.3, 0.4) is 0 Å². The van der Waals surface area contributed by atoms with Gasteiger partial charge in [-0.15, -0.1) is 0 Å². The van der Waals surface area contributed by atoms with Gasteiger partial charge in [0.15, 0.2) is 0 Å². The molecule has 134 valence electrons. The number of hydrogen-bond acceptors (Lipinski definition) is 4. The van der Waals surface area contributed by atoms with Crippen LogP contribution in [0.4, 0.5) is 0 Å². The first-order chi connectivity index (χ1) is 11.3. The molecule has 0 spiro atoms. The fraction of sp³-hybridized carbons (Fsp3) is 0.556. The van der Waals surface area contributed by atoms with Gasteiger partial charge in [0.05, 0.1) is 12.7 Å². The Morgan fingerprint density at radius 3 is 2.54 bits per heavy atom. The van der Waals surface area contributed by atoms with Crippen molar-refractivity contribution in [2.75, 3.05) is 20.3 Å². The van der Waals surface area contributed by atoms with Crippen LogP contribution in [0.5, 0.6) is 5.75 Å². The van der Waals surface area contributed by atoms with Crippen LogP contribution in [-0.4, -0.2) is 43.3 Å². The molecule has 0 fully saturated rings. The molecular weight excluding hydrogens is 310 g/mol. The summed E-state index contributed by atoms with van der Waals surface area (Å²) in [6.07, 6.45) is 0.984. The van der Waals surface area contributed by atoms with E-state index in [2.05, 4.69) is 19.2 Å². The van der Waals surface area contributed by atoms with E-state index in [9.17, 15) is 9.59 Å². The molecule has 0 aliphatic carbocycles. The Balaban J connectivity index is 2.46. The monoisotopic (exact) mass is 337 g/mol. The summed E-state index contributed by atoms with van der Waals surface area (Å²) in [5.74, 6) is -0.104. The van der Waals surface area contributed by atoms with Crippen LogP contribution in [0, 0.1) is 5.92 Å². The van der Waals surface area contributed by atoms with Crippen molar-refractivity contribution in [3.63, 3.8) is 0 Å². The molecule has 0 saturated heterocycles. The molecule has 0 aliphatic rings. The van der Waals surface area contributed by atoms with Crippen molar-refractivity contribution in [1.29, 1.82) is 0 Å². The van der Waals surface area contributed by atoms with Crippen molar-refractivity contribution < 1.29 is 24.2 Å². The maximum atomic E-state index is 12.0. The molecule has 0 bridgehead atoms. The second-order valence-corrected chi connectivity index (χ2v) is 6.07. The van der Waals surface area contributed by atoms with Crippen molar-refractivity contribution >= 4 is 11.9 Å². The van der Waals surface area contributed by atoms with Gasteiger partial charge in [0, 0.05) is 13.2 Å². The number of carboxylic acids is 1. The summed E-state index contributed by atoms with van der Waals surface area (Å²) >= 11 is 0. The molecule has 1 unspecified atom stereocenters. The maximum absolute atomic E-state index is 12.0. The molecule has 1 atom stereocenters. The van der Waals surface area contributed by atoms with Gasteiger partial charge in [-0.2, -0.15) is 0 Å². The number of benzene rings is 1. The molecule has 0 aromatic heterocycles. The van der Waals surface area contributed by atoms with Gasteiger partial charge in [0.2, 0.25) is 5.91 Å². The van der Waals surface area contributed by atoms with E-state index in [1.807, 2.05) is 0 Å². The van der Waals surface area contributed by atoms with Gasteiger partial charge < -0.3 is 19.9 Å². The Morgan fingerprint density at radius 1 is 1.25 bits per heavy atom. The van der Waals surface area contributed by atoms with Gasteiger partial charge >= 0.3 is 5.97 Å². The normalized spacial score (nSPS) is 12.0. The number of ether oxygens (including phenoxy) is 2. The third-order valence-corrected chi connectivity index (χ3v) is 3.66. The highest BCUT2D eigenvalue weighted by Crippen LogP contribution is 2.20. The number of methoxy groups -OCH3 is 1. The second kappa shape index (κ2) is 9.93. The van der Waals surface area contributed by atoms with Crippen molar-refractivity contribution in [2.24, 2.45) is 5.92 Å². The summed E-state index contributed by atoms with van der Waals surface area (Å²) < 4.78 is 10.7. The van der Waals surface area contributed by atoms with Crippen molar-refractivity contribution in [2.45, 2.75) is 39.7 Å². The second-order valence-electron chi connectivity index (χ2n) is 6.07. The maximum Gasteiger partial charge on any atom is 0.335 e. The fourth-order valence-corrected chi connectivity index (χ4v) is 2.10. The summed E-state index contributed by atoms with van der Waals surface area (Å²) in [5, 5.41) is 11.8. The largest absolute Gasteiger partial charge is 0.496 e. The molecule has 0 saturated carbocycles. The van der Waals surface area contributed by atoms with Gasteiger partial charge in [-0.05, 0) is 43.4 Å². The molecule has 1 rings (SSSR count). The van der Waals surface area contributed by atoms with E-state index in [0.717, 1.165) is 12.0 Å². The molecule has 1 aromatic carbocycles. The van der Waals surface area contributed by atoms with Crippen LogP contribution in [0.2, 0.25) is 0 Å². The Bertz CT molecular complexity index is 556. The Hall–Kier alpha value is -2.08. The van der Waals surface area contributed by atoms with E-state index in [1.54, 1.807) is 13.0 Å². The molecule has 0 aliphatic heterocycles. The smallest absolute Gasteiger partial charge is 0.335 e. The number of amides is 1. The molecule has 2 N–H and O–H groups in total. The minimum atomic E-state index is -1.000. The number of aromatic carboxylic acids is 1. The standard InChI is InChI=1S/C18H27NO5/c1-12(2)8-10-24-13(3)17(20)19-9-7-14-5-6-15(18(21)22)11-16(14)23-4/h5-6,11-13H,7-10H2,1-4H3,(H,19,20)(H,21,22). The SMILES string of the molecule is COc1cc(C(=O)O)ccc1CCNC(=O)C(C)OCCC(C)C. The van der Waals surface area contributed by atoms with Crippen LogP contribution in [0.1, 0.15) is 43.1 Å². The highest BCUT2D eigenvalue weighted by molar-refractivity contribution is 5.88. The van der Waals surface area contributed by atoms with Crippen LogP contribution in [0.15, 0.2) is 18.2 Å². The number of rotatable bonds is 10. The number of carboxylic acid groups (broad SMARTS) is 1. The van der Waals surface area contributed by atoms with E-state index in [0.29, 0.717) is 31.2 Å². The predicted molar refractivity (Wildman–Crippen MR) is 91.5 cm³/mol. The summed E-state index contributed by atoms with van der Waals surface area (Å²) in [7, 11) is 1.49. The molecule has 0 heterocycles. The lowest BCUT2D eigenvalue weighted by molar-refractivity contribution is -0.131. The number of carbonyl (C=O) groups is 2. The van der Waals surface area contributed by atoms with E-state index in [4.69, 9.17) is 14.6 Å². The van der Waals surface area contributed by atoms with Gasteiger partial charge in [0.1, 0.15) is 11.9 Å². The fourth-order valence-electron chi connectivity index (χ4n) is 2.10. The lowest BCUT2D eigenvalue weighted by Gasteiger charge is -2.15. The van der Waals surface area contributed by atoms with E-state index < -0.39 is 12.1 Å². The van der Waals surface area contributed by atoms with Crippen LogP contribution >= 0.6 is 0 Å². The van der Waals surface area contributed by atoms with Gasteiger partial charge in [-0.3, -0.25) is 4.79 Å². The minimum absolute atomic E-state index is 0.153. The summed E-state index contributed by atoms with van der Waals surface area (Å²) in [4.78, 5) is 22.9. The first-order valence-corrected chi connectivity index (χ1v) is 8.14. The zero-order chi connectivity index (χ0) is 18.1. The number of nitrogens with one attached hydrogen (secondary N) is 1. The Kier molecular flexibility index (Phi) is 8.26. The molecule has 1 amide bonds. The van der Waals surface area contributed by atoms with Crippen LogP contribution in [-0.2, 0) is 16.0 Å². The Labute approximate surface area is 143 Å². The quantitative estimate of drug-likeness (QED) is 0.685. The molecule has 24 heavy (non-hydrogen) atoms. The Morgan fingerprint density at radius 2 is 1.96 bits per heavy atom. The first-order valence-electron chi connectivity index (χ1n) is 8.14. The lowest BCUT2D eigenvalue weighted by atomic mass is 10.1. The summed E-state index contributed by atoms with van der Waals surface area (Å²) in [6, 6.07) is 4.72. The van der Waals surface area contributed by atoms with Gasteiger partial charge in [-0.25, -0.2) is 4.79 Å². The average molecular weight is 337 g/mol. The first kappa shape index (κ1) is 20.0. The predicted octanol–water partition coefficient (Wildman–Crippen LogP) is 2.50. The van der Waals surface area contributed by atoms with Crippen molar-refractivity contribution in [1.82, 2.24) is 5.32 Å².